The highest BCUT2D eigenvalue weighted by Gasteiger charge is 2.35. The van der Waals surface area contributed by atoms with Crippen molar-refractivity contribution in [2.45, 2.75) is 25.7 Å². The summed E-state index contributed by atoms with van der Waals surface area (Å²) in [7, 11) is 0. The van der Waals surface area contributed by atoms with Gasteiger partial charge in [-0.3, -0.25) is 19.8 Å². The summed E-state index contributed by atoms with van der Waals surface area (Å²) < 4.78 is 0. The molecule has 1 aromatic carbocycles. The molecule has 0 unspecified atom stereocenters. The Morgan fingerprint density at radius 1 is 1.24 bits per heavy atom. The van der Waals surface area contributed by atoms with Crippen LogP contribution in [0.2, 0.25) is 5.02 Å². The van der Waals surface area contributed by atoms with Crippen molar-refractivity contribution in [1.82, 2.24) is 5.43 Å². The number of hydrogen-bond donors (Lipinski definition) is 2. The Bertz CT molecular complexity index is 589. The first-order valence-corrected chi connectivity index (χ1v) is 7.07. The number of anilines is 1. The van der Waals surface area contributed by atoms with Crippen LogP contribution in [0.3, 0.4) is 0 Å². The molecule has 0 saturated carbocycles. The van der Waals surface area contributed by atoms with Gasteiger partial charge in [0, 0.05) is 18.0 Å². The number of nitrogens with two attached hydrogens (primary N) is 1. The van der Waals surface area contributed by atoms with E-state index in [0.717, 1.165) is 6.42 Å². The maximum atomic E-state index is 11.9. The van der Waals surface area contributed by atoms with Crippen LogP contribution in [0.25, 0.3) is 0 Å². The van der Waals surface area contributed by atoms with E-state index in [1.165, 1.54) is 4.90 Å². The van der Waals surface area contributed by atoms with Crippen LogP contribution in [0.4, 0.5) is 5.69 Å². The van der Waals surface area contributed by atoms with Crippen molar-refractivity contribution < 1.29 is 14.4 Å². The predicted molar refractivity (Wildman–Crippen MR) is 78.9 cm³/mol. The maximum Gasteiger partial charge on any atom is 0.299 e. The summed E-state index contributed by atoms with van der Waals surface area (Å²) in [5, 5.41) is 0.487. The molecule has 0 saturated heterocycles. The van der Waals surface area contributed by atoms with Crippen LogP contribution < -0.4 is 16.2 Å². The van der Waals surface area contributed by atoms with Gasteiger partial charge in [-0.25, -0.2) is 5.84 Å². The second-order valence-electron chi connectivity index (χ2n) is 4.83. The predicted octanol–water partition coefficient (Wildman–Crippen LogP) is 1.42. The van der Waals surface area contributed by atoms with Crippen LogP contribution >= 0.6 is 11.6 Å². The van der Waals surface area contributed by atoms with Gasteiger partial charge in [0.2, 0.25) is 5.91 Å². The minimum atomic E-state index is -0.521. The molecule has 21 heavy (non-hydrogen) atoms. The number of fused-ring (bicyclic) bond motifs is 1. The topological polar surface area (TPSA) is 92.5 Å². The van der Waals surface area contributed by atoms with E-state index in [9.17, 15) is 14.4 Å². The summed E-state index contributed by atoms with van der Waals surface area (Å²) in [6, 6.07) is 4.80. The fourth-order valence-corrected chi connectivity index (χ4v) is 2.46. The molecule has 3 N–H and O–H groups in total. The van der Waals surface area contributed by atoms with E-state index in [2.05, 4.69) is 5.43 Å². The number of nitrogens with zero attached hydrogens (tertiary/aromatic N) is 1. The molecule has 112 valence electrons. The lowest BCUT2D eigenvalue weighted by molar-refractivity contribution is -0.121. The second kappa shape index (κ2) is 6.69. The minimum absolute atomic E-state index is 0.209. The number of nitrogens with one attached hydrogen (secondary N) is 1. The molecular weight excluding hydrogens is 294 g/mol. The van der Waals surface area contributed by atoms with Crippen LogP contribution in [0.1, 0.15) is 36.0 Å². The Balaban J connectivity index is 1.92. The zero-order chi connectivity index (χ0) is 15.4. The van der Waals surface area contributed by atoms with E-state index in [0.29, 0.717) is 42.1 Å². The second-order valence-corrected chi connectivity index (χ2v) is 5.26. The van der Waals surface area contributed by atoms with Crippen molar-refractivity contribution in [2.75, 3.05) is 11.4 Å². The van der Waals surface area contributed by atoms with Gasteiger partial charge in [0.05, 0.1) is 11.3 Å². The van der Waals surface area contributed by atoms with Gasteiger partial charge in [0.25, 0.3) is 11.7 Å². The monoisotopic (exact) mass is 309 g/mol. The summed E-state index contributed by atoms with van der Waals surface area (Å²) in [5.74, 6) is 3.76. The van der Waals surface area contributed by atoms with Gasteiger partial charge in [-0.05, 0) is 31.0 Å². The zero-order valence-electron chi connectivity index (χ0n) is 11.4. The van der Waals surface area contributed by atoms with Crippen LogP contribution in [0.5, 0.6) is 0 Å². The highest BCUT2D eigenvalue weighted by molar-refractivity contribution is 6.52. The van der Waals surface area contributed by atoms with Gasteiger partial charge in [0.1, 0.15) is 0 Å². The number of carbonyl (C=O) groups excluding carboxylic acids is 3. The highest BCUT2D eigenvalue weighted by atomic mass is 35.5. The first-order valence-electron chi connectivity index (χ1n) is 6.70. The molecule has 2 amide bonds. The van der Waals surface area contributed by atoms with Crippen LogP contribution in [-0.4, -0.2) is 24.1 Å². The standard InChI is InChI=1S/C14H16ClN3O3/c15-9-5-6-10-11(8-9)18(14(21)13(10)20)7-3-1-2-4-12(19)17-16/h5-6,8H,1-4,7,16H2,(H,17,19). The Hall–Kier alpha value is -1.92. The first kappa shape index (κ1) is 15.5. The normalized spacial score (nSPS) is 13.5. The molecule has 7 heteroatoms. The smallest absolute Gasteiger partial charge is 0.299 e. The molecule has 6 nitrogen and oxygen atoms in total. The molecule has 0 aliphatic carbocycles. The third-order valence-corrected chi connectivity index (χ3v) is 3.62. The molecule has 0 atom stereocenters. The molecule has 1 aliphatic rings. The fourth-order valence-electron chi connectivity index (χ4n) is 2.29. The number of rotatable bonds is 6. The Labute approximate surface area is 127 Å². The third-order valence-electron chi connectivity index (χ3n) is 3.38. The summed E-state index contributed by atoms with van der Waals surface area (Å²) in [5.41, 5.74) is 3.03. The molecule has 0 bridgehead atoms. The Kier molecular flexibility index (Phi) is 4.93. The van der Waals surface area contributed by atoms with Gasteiger partial charge < -0.3 is 4.90 Å². The number of hydrazine groups is 1. The van der Waals surface area contributed by atoms with E-state index in [1.54, 1.807) is 18.2 Å². The number of hydrogen-bond acceptors (Lipinski definition) is 4. The Morgan fingerprint density at radius 2 is 2.00 bits per heavy atom. The number of ketones is 1. The molecule has 1 aliphatic heterocycles. The lowest BCUT2D eigenvalue weighted by Crippen LogP contribution is -2.31. The van der Waals surface area contributed by atoms with Gasteiger partial charge >= 0.3 is 0 Å². The minimum Gasteiger partial charge on any atom is -0.305 e. The van der Waals surface area contributed by atoms with Crippen molar-refractivity contribution in [3.8, 4) is 0 Å². The average molecular weight is 310 g/mol. The van der Waals surface area contributed by atoms with Crippen LogP contribution in [0, 0.1) is 0 Å². The third kappa shape index (κ3) is 3.40. The molecule has 0 spiro atoms. The molecule has 0 fully saturated rings. The van der Waals surface area contributed by atoms with Gasteiger partial charge in [-0.1, -0.05) is 18.0 Å². The molecular formula is C14H16ClN3O3. The lowest BCUT2D eigenvalue weighted by Gasteiger charge is -2.16. The summed E-state index contributed by atoms with van der Waals surface area (Å²) >= 11 is 5.91. The number of Topliss-reactive ketones (excluding diaryl/α,β-unsaturated/α-hetero) is 1. The van der Waals surface area contributed by atoms with Gasteiger partial charge in [-0.15, -0.1) is 0 Å². The average Bonchev–Trinajstić information content (AvgIpc) is 2.70. The largest absolute Gasteiger partial charge is 0.305 e. The fraction of sp³-hybridized carbons (Fsp3) is 0.357. The van der Waals surface area contributed by atoms with Crippen molar-refractivity contribution in [3.63, 3.8) is 0 Å². The number of amides is 2. The van der Waals surface area contributed by atoms with E-state index >= 15 is 0 Å². The zero-order valence-corrected chi connectivity index (χ0v) is 12.2. The number of benzene rings is 1. The van der Waals surface area contributed by atoms with Crippen molar-refractivity contribution in [1.29, 1.82) is 0 Å². The quantitative estimate of drug-likeness (QED) is 0.273. The van der Waals surface area contributed by atoms with E-state index in [4.69, 9.17) is 17.4 Å². The van der Waals surface area contributed by atoms with Gasteiger partial charge in [0.15, 0.2) is 0 Å². The number of carbonyl (C=O) groups is 3. The number of unbranched alkanes of at least 4 members (excludes halogenated alkanes) is 2. The maximum absolute atomic E-state index is 11.9. The molecule has 1 aromatic rings. The SMILES string of the molecule is NNC(=O)CCCCCN1C(=O)C(=O)c2ccc(Cl)cc21. The van der Waals surface area contributed by atoms with Crippen molar-refractivity contribution in [2.24, 2.45) is 5.84 Å². The van der Waals surface area contributed by atoms with Crippen LogP contribution in [0.15, 0.2) is 18.2 Å². The molecule has 1 heterocycles. The van der Waals surface area contributed by atoms with Crippen molar-refractivity contribution in [3.05, 3.63) is 28.8 Å². The van der Waals surface area contributed by atoms with E-state index in [1.807, 2.05) is 0 Å². The van der Waals surface area contributed by atoms with Crippen LogP contribution in [-0.2, 0) is 9.59 Å². The first-order chi connectivity index (χ1) is 10.0. The number of halogens is 1. The summed E-state index contributed by atoms with van der Waals surface area (Å²) in [6.45, 7) is 0.433. The lowest BCUT2D eigenvalue weighted by atomic mass is 10.1. The highest BCUT2D eigenvalue weighted by Crippen LogP contribution is 2.31. The molecule has 0 radical (unpaired) electrons. The van der Waals surface area contributed by atoms with E-state index in [-0.39, 0.29) is 5.91 Å². The van der Waals surface area contributed by atoms with Crippen molar-refractivity contribution >= 4 is 34.9 Å². The van der Waals surface area contributed by atoms with E-state index < -0.39 is 11.7 Å². The molecule has 0 aromatic heterocycles. The molecule has 2 rings (SSSR count). The Morgan fingerprint density at radius 3 is 2.71 bits per heavy atom. The van der Waals surface area contributed by atoms with Gasteiger partial charge in [-0.2, -0.15) is 0 Å². The summed E-state index contributed by atoms with van der Waals surface area (Å²) in [6.07, 6.45) is 2.50. The summed E-state index contributed by atoms with van der Waals surface area (Å²) in [4.78, 5) is 36.2.